The molecule has 1 heterocycles. The van der Waals surface area contributed by atoms with Gasteiger partial charge < -0.3 is 25.4 Å². The Bertz CT molecular complexity index is 641. The molecule has 1 aromatic rings. The van der Waals surface area contributed by atoms with Crippen LogP contribution in [0.2, 0.25) is 0 Å². The lowest BCUT2D eigenvalue weighted by Gasteiger charge is -2.28. The van der Waals surface area contributed by atoms with Crippen LogP contribution in [0.15, 0.2) is 35.5 Å². The van der Waals surface area contributed by atoms with Crippen molar-refractivity contribution < 1.29 is 14.6 Å². The smallest absolute Gasteiger partial charge is 0.337 e. The number of nitrogens with one attached hydrogen (secondary N) is 2. The maximum Gasteiger partial charge on any atom is 0.337 e. The lowest BCUT2D eigenvalue weighted by atomic mass is 10.0. The Morgan fingerprint density at radius 2 is 2.00 bits per heavy atom. The van der Waals surface area contributed by atoms with Gasteiger partial charge >= 0.3 is 5.97 Å². The predicted octanol–water partition coefficient (Wildman–Crippen LogP) is 0.951. The van der Waals surface area contributed by atoms with Crippen LogP contribution in [0.5, 0.6) is 0 Å². The van der Waals surface area contributed by atoms with Gasteiger partial charge in [0.1, 0.15) is 0 Å². The first kappa shape index (κ1) is 18.2. The fourth-order valence-electron chi connectivity index (χ4n) is 2.50. The molecule has 1 atom stereocenters. The molecule has 0 radical (unpaired) electrons. The number of carbonyl (C=O) groups excluding carboxylic acids is 1. The summed E-state index contributed by atoms with van der Waals surface area (Å²) in [7, 11) is 3.98. The zero-order valence-corrected chi connectivity index (χ0v) is 14.9. The monoisotopic (exact) mass is 349 g/mol. The third kappa shape index (κ3) is 4.46. The Morgan fingerprint density at radius 3 is 2.58 bits per heavy atom. The minimum atomic E-state index is -0.536. The average molecular weight is 349 g/mol. The van der Waals surface area contributed by atoms with Gasteiger partial charge in [0.15, 0.2) is 5.11 Å². The SMILES string of the molecule is CC1=C(C(=O)OCCc2ccc(N(C)C)cc2)C(CO)NC(=S)N1. The van der Waals surface area contributed by atoms with Crippen LogP contribution < -0.4 is 15.5 Å². The third-order valence-electron chi connectivity index (χ3n) is 3.84. The van der Waals surface area contributed by atoms with E-state index in [0.29, 0.717) is 22.8 Å². The van der Waals surface area contributed by atoms with Gasteiger partial charge in [-0.3, -0.25) is 0 Å². The molecular weight excluding hydrogens is 326 g/mol. The van der Waals surface area contributed by atoms with Gasteiger partial charge in [0.05, 0.1) is 24.8 Å². The molecule has 0 fully saturated rings. The molecule has 2 rings (SSSR count). The lowest BCUT2D eigenvalue weighted by Crippen LogP contribution is -2.51. The van der Waals surface area contributed by atoms with E-state index in [0.717, 1.165) is 11.3 Å². The van der Waals surface area contributed by atoms with Gasteiger partial charge in [0.25, 0.3) is 0 Å². The van der Waals surface area contributed by atoms with Crippen LogP contribution in [-0.2, 0) is 16.0 Å². The molecular formula is C17H23N3O3S. The molecule has 0 spiro atoms. The Hall–Kier alpha value is -2.12. The van der Waals surface area contributed by atoms with Crippen molar-refractivity contribution in [3.8, 4) is 0 Å². The molecule has 1 aliphatic heterocycles. The highest BCUT2D eigenvalue weighted by Gasteiger charge is 2.28. The maximum absolute atomic E-state index is 12.3. The summed E-state index contributed by atoms with van der Waals surface area (Å²) in [5, 5.41) is 15.6. The highest BCUT2D eigenvalue weighted by molar-refractivity contribution is 7.80. The second kappa shape index (κ2) is 8.12. The molecule has 0 amide bonds. The van der Waals surface area contributed by atoms with Crippen LogP contribution in [-0.4, -0.2) is 49.5 Å². The summed E-state index contributed by atoms with van der Waals surface area (Å²) in [6.45, 7) is 1.79. The summed E-state index contributed by atoms with van der Waals surface area (Å²) in [5.41, 5.74) is 3.21. The molecule has 0 aliphatic carbocycles. The van der Waals surface area contributed by atoms with E-state index in [9.17, 15) is 9.90 Å². The van der Waals surface area contributed by atoms with E-state index in [4.69, 9.17) is 17.0 Å². The van der Waals surface area contributed by atoms with Gasteiger partial charge in [-0.2, -0.15) is 0 Å². The lowest BCUT2D eigenvalue weighted by molar-refractivity contribution is -0.139. The molecule has 24 heavy (non-hydrogen) atoms. The minimum absolute atomic E-state index is 0.227. The summed E-state index contributed by atoms with van der Waals surface area (Å²) >= 11 is 5.02. The number of esters is 1. The highest BCUT2D eigenvalue weighted by atomic mass is 32.1. The molecule has 0 aromatic heterocycles. The van der Waals surface area contributed by atoms with Crippen molar-refractivity contribution in [2.75, 3.05) is 32.2 Å². The van der Waals surface area contributed by atoms with Crippen molar-refractivity contribution in [1.29, 1.82) is 0 Å². The summed E-state index contributed by atoms with van der Waals surface area (Å²) < 4.78 is 5.36. The second-order valence-corrected chi connectivity index (χ2v) is 6.23. The van der Waals surface area contributed by atoms with E-state index < -0.39 is 12.0 Å². The van der Waals surface area contributed by atoms with E-state index in [2.05, 4.69) is 10.6 Å². The molecule has 1 aromatic carbocycles. The summed E-state index contributed by atoms with van der Waals surface area (Å²) in [6.07, 6.45) is 0.634. The van der Waals surface area contributed by atoms with Crippen LogP contribution in [0.25, 0.3) is 0 Å². The van der Waals surface area contributed by atoms with Crippen LogP contribution in [0.1, 0.15) is 12.5 Å². The molecule has 6 nitrogen and oxygen atoms in total. The largest absolute Gasteiger partial charge is 0.462 e. The fourth-order valence-corrected chi connectivity index (χ4v) is 2.79. The molecule has 0 bridgehead atoms. The number of rotatable bonds is 6. The van der Waals surface area contributed by atoms with E-state index in [1.807, 2.05) is 43.3 Å². The average Bonchev–Trinajstić information content (AvgIpc) is 2.54. The number of hydrogen-bond acceptors (Lipinski definition) is 5. The number of aliphatic hydroxyl groups excluding tert-OH is 1. The molecule has 0 saturated carbocycles. The molecule has 3 N–H and O–H groups in total. The summed E-state index contributed by atoms with van der Waals surface area (Å²) in [4.78, 5) is 14.3. The molecule has 0 saturated heterocycles. The van der Waals surface area contributed by atoms with Crippen LogP contribution in [0, 0.1) is 0 Å². The molecule has 1 unspecified atom stereocenters. The van der Waals surface area contributed by atoms with Gasteiger partial charge in [-0.05, 0) is 36.8 Å². The number of anilines is 1. The Kier molecular flexibility index (Phi) is 6.16. The van der Waals surface area contributed by atoms with Crippen LogP contribution in [0.4, 0.5) is 5.69 Å². The number of benzene rings is 1. The number of carbonyl (C=O) groups is 1. The zero-order valence-electron chi connectivity index (χ0n) is 14.1. The third-order valence-corrected chi connectivity index (χ3v) is 4.06. The number of ether oxygens (including phenoxy) is 1. The Morgan fingerprint density at radius 1 is 1.33 bits per heavy atom. The van der Waals surface area contributed by atoms with E-state index in [1.165, 1.54) is 0 Å². The number of nitrogens with zero attached hydrogens (tertiary/aromatic N) is 1. The topological polar surface area (TPSA) is 73.8 Å². The number of aliphatic hydroxyl groups is 1. The first-order chi connectivity index (χ1) is 11.4. The predicted molar refractivity (Wildman–Crippen MR) is 97.9 cm³/mol. The van der Waals surface area contributed by atoms with Gasteiger partial charge in [-0.1, -0.05) is 12.1 Å². The van der Waals surface area contributed by atoms with Crippen molar-refractivity contribution in [3.63, 3.8) is 0 Å². The van der Waals surface area contributed by atoms with Crippen molar-refractivity contribution in [3.05, 3.63) is 41.1 Å². The van der Waals surface area contributed by atoms with E-state index in [1.54, 1.807) is 6.92 Å². The molecule has 1 aliphatic rings. The molecule has 130 valence electrons. The first-order valence-corrected chi connectivity index (χ1v) is 8.15. The van der Waals surface area contributed by atoms with E-state index >= 15 is 0 Å². The quantitative estimate of drug-likeness (QED) is 0.522. The number of thiocarbonyl (C=S) groups is 1. The standard InChI is InChI=1S/C17H23N3O3S/c1-11-15(14(10-21)19-17(24)18-11)16(22)23-9-8-12-4-6-13(7-5-12)20(2)3/h4-7,14,21H,8-10H2,1-3H3,(H2,18,19,24). The van der Waals surface area contributed by atoms with Crippen LogP contribution >= 0.6 is 12.2 Å². The van der Waals surface area contributed by atoms with Crippen molar-refractivity contribution in [2.45, 2.75) is 19.4 Å². The summed E-state index contributed by atoms with van der Waals surface area (Å²) in [5.74, 6) is -0.445. The first-order valence-electron chi connectivity index (χ1n) is 7.75. The van der Waals surface area contributed by atoms with Gasteiger partial charge in [0.2, 0.25) is 0 Å². The van der Waals surface area contributed by atoms with Crippen molar-refractivity contribution in [2.24, 2.45) is 0 Å². The number of hydrogen-bond donors (Lipinski definition) is 3. The fraction of sp³-hybridized carbons (Fsp3) is 0.412. The van der Waals surface area contributed by atoms with Gasteiger partial charge in [-0.25, -0.2) is 4.79 Å². The normalized spacial score (nSPS) is 17.2. The maximum atomic E-state index is 12.3. The number of allylic oxidation sites excluding steroid dienone is 1. The van der Waals surface area contributed by atoms with Crippen molar-refractivity contribution >= 4 is 29.0 Å². The minimum Gasteiger partial charge on any atom is -0.462 e. The second-order valence-electron chi connectivity index (χ2n) is 5.82. The Balaban J connectivity index is 1.93. The molecule has 7 heteroatoms. The van der Waals surface area contributed by atoms with E-state index in [-0.39, 0.29) is 13.2 Å². The Labute approximate surface area is 147 Å². The zero-order chi connectivity index (χ0) is 17.7. The summed E-state index contributed by atoms with van der Waals surface area (Å²) in [6, 6.07) is 7.56. The van der Waals surface area contributed by atoms with Gasteiger partial charge in [0, 0.05) is 31.9 Å². The van der Waals surface area contributed by atoms with Crippen molar-refractivity contribution in [1.82, 2.24) is 10.6 Å². The highest BCUT2D eigenvalue weighted by Crippen LogP contribution is 2.15. The van der Waals surface area contributed by atoms with Gasteiger partial charge in [-0.15, -0.1) is 0 Å². The van der Waals surface area contributed by atoms with Crippen LogP contribution in [0.3, 0.4) is 0 Å².